The van der Waals surface area contributed by atoms with Crippen molar-refractivity contribution in [2.75, 3.05) is 0 Å². The Morgan fingerprint density at radius 2 is 1.92 bits per heavy atom. The Kier molecular flexibility index (Phi) is 2.20. The average molecular weight is 214 g/mol. The van der Waals surface area contributed by atoms with Crippen molar-refractivity contribution in [1.82, 2.24) is 14.8 Å². The number of hydrogen-bond acceptors (Lipinski definition) is 2. The minimum absolute atomic E-state index is 0.299. The first-order valence-electron chi connectivity index (χ1n) is 3.59. The van der Waals surface area contributed by atoms with Crippen LogP contribution < -0.4 is 0 Å². The molecule has 1 aromatic heterocycles. The molecule has 0 radical (unpaired) electrons. The first-order chi connectivity index (χ1) is 6.29. The molecule has 13 heavy (non-hydrogen) atoms. The van der Waals surface area contributed by atoms with Gasteiger partial charge in [0.25, 0.3) is 0 Å². The Hall–Kier alpha value is -1.06. The zero-order chi connectivity index (χ0) is 9.26. The van der Waals surface area contributed by atoms with Gasteiger partial charge in [0.1, 0.15) is 6.33 Å². The maximum atomic E-state index is 5.94. The van der Waals surface area contributed by atoms with Crippen LogP contribution in [0.4, 0.5) is 0 Å². The van der Waals surface area contributed by atoms with E-state index < -0.39 is 0 Å². The summed E-state index contributed by atoms with van der Waals surface area (Å²) in [5.74, 6) is 0. The molecule has 0 aliphatic carbocycles. The fraction of sp³-hybridized carbons (Fsp3) is 0. The summed E-state index contributed by atoms with van der Waals surface area (Å²) in [4.78, 5) is 3.79. The molecule has 0 spiro atoms. The molecule has 2 aromatic rings. The van der Waals surface area contributed by atoms with Crippen LogP contribution in [-0.4, -0.2) is 14.8 Å². The van der Waals surface area contributed by atoms with Crippen molar-refractivity contribution in [3.8, 4) is 5.69 Å². The molecule has 1 aromatic carbocycles. The Morgan fingerprint density at radius 1 is 1.15 bits per heavy atom. The normalized spacial score (nSPS) is 10.3. The van der Waals surface area contributed by atoms with E-state index in [9.17, 15) is 0 Å². The van der Waals surface area contributed by atoms with Crippen LogP contribution in [-0.2, 0) is 0 Å². The van der Waals surface area contributed by atoms with E-state index >= 15 is 0 Å². The number of para-hydroxylation sites is 1. The molecule has 0 aliphatic rings. The zero-order valence-electron chi connectivity index (χ0n) is 6.48. The van der Waals surface area contributed by atoms with E-state index in [0.717, 1.165) is 5.69 Å². The monoisotopic (exact) mass is 213 g/mol. The summed E-state index contributed by atoms with van der Waals surface area (Å²) in [6.45, 7) is 0. The fourth-order valence-electron chi connectivity index (χ4n) is 1.01. The minimum atomic E-state index is 0.299. The molecular weight excluding hydrogens is 209 g/mol. The van der Waals surface area contributed by atoms with Gasteiger partial charge in [0, 0.05) is 0 Å². The topological polar surface area (TPSA) is 30.7 Å². The number of halogens is 2. The first kappa shape index (κ1) is 8.53. The molecule has 1 heterocycles. The van der Waals surface area contributed by atoms with Crippen molar-refractivity contribution in [3.05, 3.63) is 40.9 Å². The number of rotatable bonds is 1. The maximum Gasteiger partial charge on any atom is 0.225 e. The largest absolute Gasteiger partial charge is 0.225 e. The molecule has 0 unspecified atom stereocenters. The van der Waals surface area contributed by atoms with Crippen LogP contribution in [0.25, 0.3) is 5.69 Å². The van der Waals surface area contributed by atoms with E-state index in [1.807, 2.05) is 18.2 Å². The molecule has 0 saturated heterocycles. The second-order valence-corrected chi connectivity index (χ2v) is 3.14. The SMILES string of the molecule is Clc1ccccc1-n1ncnc1Cl. The Bertz CT molecular complexity index is 425. The number of nitrogens with zero attached hydrogens (tertiary/aromatic N) is 3. The summed E-state index contributed by atoms with van der Waals surface area (Å²) < 4.78 is 1.48. The van der Waals surface area contributed by atoms with Gasteiger partial charge in [-0.25, -0.2) is 9.67 Å². The van der Waals surface area contributed by atoms with Crippen molar-refractivity contribution in [3.63, 3.8) is 0 Å². The van der Waals surface area contributed by atoms with E-state index in [2.05, 4.69) is 10.1 Å². The van der Waals surface area contributed by atoms with Crippen molar-refractivity contribution in [1.29, 1.82) is 0 Å². The third-order valence-electron chi connectivity index (χ3n) is 1.59. The number of aromatic nitrogens is 3. The first-order valence-corrected chi connectivity index (χ1v) is 4.35. The van der Waals surface area contributed by atoms with Crippen LogP contribution in [0.5, 0.6) is 0 Å². The highest BCUT2D eigenvalue weighted by molar-refractivity contribution is 6.33. The Labute approximate surface area is 84.9 Å². The van der Waals surface area contributed by atoms with E-state index in [1.165, 1.54) is 11.0 Å². The molecule has 5 heteroatoms. The fourth-order valence-corrected chi connectivity index (χ4v) is 1.41. The van der Waals surface area contributed by atoms with E-state index in [1.54, 1.807) is 6.07 Å². The molecule has 0 atom stereocenters. The third kappa shape index (κ3) is 1.53. The van der Waals surface area contributed by atoms with Gasteiger partial charge < -0.3 is 0 Å². The highest BCUT2D eigenvalue weighted by Crippen LogP contribution is 2.21. The summed E-state index contributed by atoms with van der Waals surface area (Å²) in [6, 6.07) is 7.30. The molecule has 66 valence electrons. The summed E-state index contributed by atoms with van der Waals surface area (Å²) in [5, 5.41) is 4.83. The Balaban J connectivity index is 2.59. The van der Waals surface area contributed by atoms with Crippen LogP contribution in [0.15, 0.2) is 30.6 Å². The molecule has 0 saturated carbocycles. The van der Waals surface area contributed by atoms with E-state index in [0.29, 0.717) is 10.3 Å². The maximum absolute atomic E-state index is 5.94. The van der Waals surface area contributed by atoms with Gasteiger partial charge in [-0.05, 0) is 23.7 Å². The van der Waals surface area contributed by atoms with Crippen molar-refractivity contribution >= 4 is 23.2 Å². The average Bonchev–Trinajstić information content (AvgIpc) is 2.52. The van der Waals surface area contributed by atoms with Gasteiger partial charge in [0.15, 0.2) is 0 Å². The quantitative estimate of drug-likeness (QED) is 0.730. The minimum Gasteiger partial charge on any atom is -0.204 e. The van der Waals surface area contributed by atoms with Gasteiger partial charge in [0.05, 0.1) is 10.7 Å². The molecule has 0 aliphatic heterocycles. The molecule has 0 bridgehead atoms. The van der Waals surface area contributed by atoms with Gasteiger partial charge in [-0.3, -0.25) is 0 Å². The second-order valence-electron chi connectivity index (χ2n) is 2.39. The molecule has 3 nitrogen and oxygen atoms in total. The predicted molar refractivity (Wildman–Crippen MR) is 51.4 cm³/mol. The van der Waals surface area contributed by atoms with Crippen LogP contribution >= 0.6 is 23.2 Å². The lowest BCUT2D eigenvalue weighted by Gasteiger charge is -2.02. The highest BCUT2D eigenvalue weighted by atomic mass is 35.5. The predicted octanol–water partition coefficient (Wildman–Crippen LogP) is 2.57. The Morgan fingerprint density at radius 3 is 2.54 bits per heavy atom. The van der Waals surface area contributed by atoms with Gasteiger partial charge in [-0.2, -0.15) is 5.10 Å². The van der Waals surface area contributed by atoms with E-state index in [-0.39, 0.29) is 0 Å². The van der Waals surface area contributed by atoms with Gasteiger partial charge in [-0.1, -0.05) is 23.7 Å². The van der Waals surface area contributed by atoms with Gasteiger partial charge in [0.2, 0.25) is 5.28 Å². The summed E-state index contributed by atoms with van der Waals surface area (Å²) in [5.41, 5.74) is 0.728. The summed E-state index contributed by atoms with van der Waals surface area (Å²) in [7, 11) is 0. The molecule has 2 rings (SSSR count). The lowest BCUT2D eigenvalue weighted by atomic mass is 10.3. The smallest absolute Gasteiger partial charge is 0.204 e. The van der Waals surface area contributed by atoms with E-state index in [4.69, 9.17) is 23.2 Å². The number of benzene rings is 1. The van der Waals surface area contributed by atoms with Crippen molar-refractivity contribution in [2.45, 2.75) is 0 Å². The lowest BCUT2D eigenvalue weighted by molar-refractivity contribution is 0.880. The zero-order valence-corrected chi connectivity index (χ0v) is 8.00. The van der Waals surface area contributed by atoms with Crippen LogP contribution in [0.1, 0.15) is 0 Å². The lowest BCUT2D eigenvalue weighted by Crippen LogP contribution is -1.96. The molecule has 0 amide bonds. The van der Waals surface area contributed by atoms with Gasteiger partial charge in [-0.15, -0.1) is 0 Å². The van der Waals surface area contributed by atoms with Crippen LogP contribution in [0.2, 0.25) is 10.3 Å². The van der Waals surface area contributed by atoms with Crippen LogP contribution in [0.3, 0.4) is 0 Å². The standard InChI is InChI=1S/C8H5Cl2N3/c9-6-3-1-2-4-7(6)13-8(10)11-5-12-13/h1-5H. The summed E-state index contributed by atoms with van der Waals surface area (Å²) in [6.07, 6.45) is 1.38. The number of hydrogen-bond donors (Lipinski definition) is 0. The second kappa shape index (κ2) is 3.36. The van der Waals surface area contributed by atoms with Gasteiger partial charge >= 0.3 is 0 Å². The summed E-state index contributed by atoms with van der Waals surface area (Å²) >= 11 is 11.7. The highest BCUT2D eigenvalue weighted by Gasteiger charge is 2.06. The van der Waals surface area contributed by atoms with Crippen molar-refractivity contribution < 1.29 is 0 Å². The van der Waals surface area contributed by atoms with Crippen molar-refractivity contribution in [2.24, 2.45) is 0 Å². The van der Waals surface area contributed by atoms with Crippen LogP contribution in [0, 0.1) is 0 Å². The molecule has 0 fully saturated rings. The molecule has 0 N–H and O–H groups in total. The molecular formula is C8H5Cl2N3. The third-order valence-corrected chi connectivity index (χ3v) is 2.16.